The van der Waals surface area contributed by atoms with Crippen LogP contribution in [0.15, 0.2) is 0 Å². The molecule has 1 unspecified atom stereocenters. The lowest BCUT2D eigenvalue weighted by atomic mass is 10.1. The first-order chi connectivity index (χ1) is 5.52. The van der Waals surface area contributed by atoms with E-state index in [1.165, 1.54) is 0 Å². The molecule has 0 saturated carbocycles. The Kier molecular flexibility index (Phi) is 5.50. The minimum atomic E-state index is -3.24. The zero-order valence-corrected chi connectivity index (χ0v) is 8.86. The third kappa shape index (κ3) is 5.55. The Balaban J connectivity index is 3.76. The molecule has 12 heavy (non-hydrogen) atoms. The molecule has 0 N–H and O–H groups in total. The SMILES string of the molecule is CCOS(=O)(=O)CCC(C)CC. The molecular weight excluding hydrogens is 176 g/mol. The molecule has 0 bridgehead atoms. The van der Waals surface area contributed by atoms with E-state index in [0.717, 1.165) is 6.42 Å². The van der Waals surface area contributed by atoms with Crippen LogP contribution in [0.2, 0.25) is 0 Å². The maximum absolute atomic E-state index is 11.0. The highest BCUT2D eigenvalue weighted by Crippen LogP contribution is 2.08. The highest BCUT2D eigenvalue weighted by Gasteiger charge is 2.11. The lowest BCUT2D eigenvalue weighted by Crippen LogP contribution is -2.12. The van der Waals surface area contributed by atoms with E-state index in [1.807, 2.05) is 6.92 Å². The van der Waals surface area contributed by atoms with Gasteiger partial charge in [-0.25, -0.2) is 0 Å². The standard InChI is InChI=1S/C8H18O3S/c1-4-8(3)6-7-12(9,10)11-5-2/h8H,4-7H2,1-3H3. The average Bonchev–Trinajstić information content (AvgIpc) is 2.00. The van der Waals surface area contributed by atoms with Crippen molar-refractivity contribution in [1.29, 1.82) is 0 Å². The molecule has 1 atom stereocenters. The van der Waals surface area contributed by atoms with Crippen LogP contribution in [0.25, 0.3) is 0 Å². The summed E-state index contributed by atoms with van der Waals surface area (Å²) in [6.07, 6.45) is 1.71. The summed E-state index contributed by atoms with van der Waals surface area (Å²) in [6.45, 7) is 6.02. The molecule has 0 rings (SSSR count). The van der Waals surface area contributed by atoms with Gasteiger partial charge >= 0.3 is 0 Å². The van der Waals surface area contributed by atoms with E-state index >= 15 is 0 Å². The molecule has 0 aliphatic rings. The van der Waals surface area contributed by atoms with Gasteiger partial charge in [0.15, 0.2) is 0 Å². The number of rotatable bonds is 6. The molecule has 0 amide bonds. The van der Waals surface area contributed by atoms with Gasteiger partial charge in [0.05, 0.1) is 12.4 Å². The first kappa shape index (κ1) is 11.9. The smallest absolute Gasteiger partial charge is 0.267 e. The lowest BCUT2D eigenvalue weighted by molar-refractivity contribution is 0.335. The average molecular weight is 194 g/mol. The Morgan fingerprint density at radius 3 is 2.33 bits per heavy atom. The van der Waals surface area contributed by atoms with Crippen molar-refractivity contribution in [3.05, 3.63) is 0 Å². The minimum Gasteiger partial charge on any atom is -0.270 e. The molecule has 3 nitrogen and oxygen atoms in total. The molecule has 0 aliphatic carbocycles. The van der Waals surface area contributed by atoms with Gasteiger partial charge in [0, 0.05) is 0 Å². The quantitative estimate of drug-likeness (QED) is 0.605. The van der Waals surface area contributed by atoms with Gasteiger partial charge in [0.2, 0.25) is 0 Å². The molecule has 4 heteroatoms. The molecule has 0 aromatic rings. The summed E-state index contributed by atoms with van der Waals surface area (Å²) in [4.78, 5) is 0. The zero-order valence-electron chi connectivity index (χ0n) is 8.04. The lowest BCUT2D eigenvalue weighted by Gasteiger charge is -2.07. The van der Waals surface area contributed by atoms with Gasteiger partial charge in [-0.3, -0.25) is 4.18 Å². The Labute approximate surface area is 75.2 Å². The molecule has 0 spiro atoms. The van der Waals surface area contributed by atoms with Crippen LogP contribution in [0.3, 0.4) is 0 Å². The Morgan fingerprint density at radius 2 is 1.92 bits per heavy atom. The van der Waals surface area contributed by atoms with Crippen LogP contribution in [-0.4, -0.2) is 20.8 Å². The van der Waals surface area contributed by atoms with Gasteiger partial charge in [0.1, 0.15) is 0 Å². The summed E-state index contributed by atoms with van der Waals surface area (Å²) >= 11 is 0. The normalized spacial score (nSPS) is 14.6. The van der Waals surface area contributed by atoms with E-state index in [0.29, 0.717) is 12.3 Å². The molecule has 0 saturated heterocycles. The molecule has 74 valence electrons. The Hall–Kier alpha value is -0.0900. The van der Waals surface area contributed by atoms with E-state index in [9.17, 15) is 8.42 Å². The summed E-state index contributed by atoms with van der Waals surface area (Å²) in [5.74, 6) is 0.607. The van der Waals surface area contributed by atoms with Gasteiger partial charge in [-0.05, 0) is 19.3 Å². The van der Waals surface area contributed by atoms with Crippen molar-refractivity contribution in [2.24, 2.45) is 5.92 Å². The van der Waals surface area contributed by atoms with Gasteiger partial charge < -0.3 is 0 Å². The Morgan fingerprint density at radius 1 is 1.33 bits per heavy atom. The van der Waals surface area contributed by atoms with Crippen LogP contribution in [0, 0.1) is 5.92 Å². The maximum atomic E-state index is 11.0. The van der Waals surface area contributed by atoms with Crippen molar-refractivity contribution in [1.82, 2.24) is 0 Å². The van der Waals surface area contributed by atoms with Gasteiger partial charge in [-0.15, -0.1) is 0 Å². The van der Waals surface area contributed by atoms with Crippen LogP contribution in [0.1, 0.15) is 33.6 Å². The summed E-state index contributed by atoms with van der Waals surface area (Å²) in [5, 5.41) is 0. The highest BCUT2D eigenvalue weighted by molar-refractivity contribution is 7.86. The van der Waals surface area contributed by atoms with Crippen LogP contribution >= 0.6 is 0 Å². The molecule has 0 aliphatic heterocycles. The van der Waals surface area contributed by atoms with E-state index in [-0.39, 0.29) is 12.4 Å². The topological polar surface area (TPSA) is 43.4 Å². The molecule has 0 radical (unpaired) electrons. The summed E-state index contributed by atoms with van der Waals surface area (Å²) < 4.78 is 26.7. The monoisotopic (exact) mass is 194 g/mol. The van der Waals surface area contributed by atoms with E-state index in [4.69, 9.17) is 0 Å². The first-order valence-corrected chi connectivity index (χ1v) is 5.96. The predicted molar refractivity (Wildman–Crippen MR) is 49.5 cm³/mol. The third-order valence-corrected chi connectivity index (χ3v) is 3.19. The van der Waals surface area contributed by atoms with Crippen LogP contribution in [0.5, 0.6) is 0 Å². The fourth-order valence-corrected chi connectivity index (χ4v) is 1.96. The molecule has 0 heterocycles. The summed E-state index contributed by atoms with van der Waals surface area (Å²) in [6, 6.07) is 0. The van der Waals surface area contributed by atoms with Crippen molar-refractivity contribution in [2.45, 2.75) is 33.6 Å². The largest absolute Gasteiger partial charge is 0.270 e. The van der Waals surface area contributed by atoms with E-state index < -0.39 is 10.1 Å². The molecule has 0 aromatic carbocycles. The van der Waals surface area contributed by atoms with Crippen molar-refractivity contribution < 1.29 is 12.6 Å². The van der Waals surface area contributed by atoms with Gasteiger partial charge in [-0.1, -0.05) is 20.3 Å². The van der Waals surface area contributed by atoms with Crippen molar-refractivity contribution in [3.8, 4) is 0 Å². The van der Waals surface area contributed by atoms with Crippen LogP contribution in [0.4, 0.5) is 0 Å². The Bertz CT molecular complexity index is 196. The van der Waals surface area contributed by atoms with Crippen molar-refractivity contribution in [3.63, 3.8) is 0 Å². The van der Waals surface area contributed by atoms with E-state index in [2.05, 4.69) is 11.1 Å². The fraction of sp³-hybridized carbons (Fsp3) is 1.00. The summed E-state index contributed by atoms with van der Waals surface area (Å²) in [7, 11) is -3.24. The first-order valence-electron chi connectivity index (χ1n) is 4.39. The predicted octanol–water partition coefficient (Wildman–Crippen LogP) is 1.79. The van der Waals surface area contributed by atoms with Crippen LogP contribution < -0.4 is 0 Å². The third-order valence-electron chi connectivity index (χ3n) is 1.85. The summed E-state index contributed by atoms with van der Waals surface area (Å²) in [5.41, 5.74) is 0. The molecule has 0 fully saturated rings. The highest BCUT2D eigenvalue weighted by atomic mass is 32.2. The van der Waals surface area contributed by atoms with Crippen LogP contribution in [-0.2, 0) is 14.3 Å². The van der Waals surface area contributed by atoms with Gasteiger partial charge in [-0.2, -0.15) is 8.42 Å². The maximum Gasteiger partial charge on any atom is 0.267 e. The van der Waals surface area contributed by atoms with Crippen molar-refractivity contribution in [2.75, 3.05) is 12.4 Å². The second-order valence-corrected chi connectivity index (χ2v) is 4.73. The van der Waals surface area contributed by atoms with E-state index in [1.54, 1.807) is 6.92 Å². The number of hydrogen-bond acceptors (Lipinski definition) is 3. The van der Waals surface area contributed by atoms with Crippen molar-refractivity contribution >= 4 is 10.1 Å². The number of hydrogen-bond donors (Lipinski definition) is 0. The second kappa shape index (κ2) is 5.54. The second-order valence-electron chi connectivity index (χ2n) is 2.97. The zero-order chi connectivity index (χ0) is 9.61. The fourth-order valence-electron chi connectivity index (χ4n) is 0.788. The molecular formula is C8H18O3S. The minimum absolute atomic E-state index is 0.149. The van der Waals surface area contributed by atoms with Gasteiger partial charge in [0.25, 0.3) is 10.1 Å². The molecule has 0 aromatic heterocycles.